The van der Waals surface area contributed by atoms with E-state index in [0.717, 1.165) is 16.3 Å². The number of carbonyl (C=O) groups excluding carboxylic acids is 1. The third-order valence-electron chi connectivity index (χ3n) is 3.44. The van der Waals surface area contributed by atoms with Gasteiger partial charge in [-0.25, -0.2) is 4.98 Å². The second-order valence-corrected chi connectivity index (χ2v) is 6.56. The molecule has 0 spiro atoms. The maximum Gasteiger partial charge on any atom is 0.267 e. The number of aromatic nitrogens is 1. The second-order valence-electron chi connectivity index (χ2n) is 5.12. The monoisotopic (exact) mass is 358 g/mol. The molecule has 122 valence electrons. The standard InChI is InChI=1S/C18H15ClN2O2S/c1-11-16(17(22)21-14-7-9-15(23-2)10-8-14)24-18(20-11)12-3-5-13(19)6-4-12/h3-10H,1-2H3,(H,21,22). The number of thiazole rings is 1. The van der Waals surface area contributed by atoms with Gasteiger partial charge in [-0.15, -0.1) is 11.3 Å². The maximum absolute atomic E-state index is 12.5. The van der Waals surface area contributed by atoms with Crippen LogP contribution in [0.1, 0.15) is 15.4 Å². The molecule has 0 saturated carbocycles. The number of amides is 1. The largest absolute Gasteiger partial charge is 0.497 e. The van der Waals surface area contributed by atoms with Gasteiger partial charge in [-0.3, -0.25) is 4.79 Å². The summed E-state index contributed by atoms with van der Waals surface area (Å²) in [6, 6.07) is 14.6. The molecule has 3 aromatic rings. The highest BCUT2D eigenvalue weighted by Crippen LogP contribution is 2.29. The minimum absolute atomic E-state index is 0.171. The first-order chi connectivity index (χ1) is 11.6. The quantitative estimate of drug-likeness (QED) is 0.711. The third kappa shape index (κ3) is 3.58. The Morgan fingerprint density at radius 2 is 1.79 bits per heavy atom. The molecule has 1 amide bonds. The summed E-state index contributed by atoms with van der Waals surface area (Å²) in [7, 11) is 1.60. The van der Waals surface area contributed by atoms with Crippen molar-refractivity contribution in [1.82, 2.24) is 4.98 Å². The highest BCUT2D eigenvalue weighted by molar-refractivity contribution is 7.17. The molecule has 1 N–H and O–H groups in total. The van der Waals surface area contributed by atoms with E-state index in [4.69, 9.17) is 16.3 Å². The normalized spacial score (nSPS) is 10.5. The number of aryl methyl sites for hydroxylation is 1. The van der Waals surface area contributed by atoms with Gasteiger partial charge in [0.1, 0.15) is 15.6 Å². The Hall–Kier alpha value is -2.37. The van der Waals surface area contributed by atoms with Crippen molar-refractivity contribution < 1.29 is 9.53 Å². The van der Waals surface area contributed by atoms with Crippen molar-refractivity contribution in [3.05, 3.63) is 64.1 Å². The summed E-state index contributed by atoms with van der Waals surface area (Å²) in [6.45, 7) is 1.83. The minimum Gasteiger partial charge on any atom is -0.497 e. The van der Waals surface area contributed by atoms with Crippen LogP contribution in [0.25, 0.3) is 10.6 Å². The van der Waals surface area contributed by atoms with Gasteiger partial charge in [0.15, 0.2) is 0 Å². The number of hydrogen-bond acceptors (Lipinski definition) is 4. The van der Waals surface area contributed by atoms with Gasteiger partial charge in [0.05, 0.1) is 12.8 Å². The lowest BCUT2D eigenvalue weighted by atomic mass is 10.2. The fourth-order valence-electron chi connectivity index (χ4n) is 2.19. The van der Waals surface area contributed by atoms with Gasteiger partial charge in [-0.1, -0.05) is 23.7 Å². The van der Waals surface area contributed by atoms with E-state index in [2.05, 4.69) is 10.3 Å². The van der Waals surface area contributed by atoms with Crippen molar-refractivity contribution in [2.75, 3.05) is 12.4 Å². The molecule has 0 aliphatic rings. The Balaban J connectivity index is 1.81. The van der Waals surface area contributed by atoms with Crippen LogP contribution < -0.4 is 10.1 Å². The molecule has 3 rings (SSSR count). The number of methoxy groups -OCH3 is 1. The lowest BCUT2D eigenvalue weighted by molar-refractivity contribution is 0.103. The fraction of sp³-hybridized carbons (Fsp3) is 0.111. The van der Waals surface area contributed by atoms with E-state index in [1.807, 2.05) is 31.2 Å². The number of ether oxygens (including phenoxy) is 1. The third-order valence-corrected chi connectivity index (χ3v) is 4.90. The summed E-state index contributed by atoms with van der Waals surface area (Å²) >= 11 is 7.27. The number of nitrogens with zero attached hydrogens (tertiary/aromatic N) is 1. The number of hydrogen-bond donors (Lipinski definition) is 1. The van der Waals surface area contributed by atoms with E-state index in [-0.39, 0.29) is 5.91 Å². The summed E-state index contributed by atoms with van der Waals surface area (Å²) in [5.41, 5.74) is 2.36. The minimum atomic E-state index is -0.171. The van der Waals surface area contributed by atoms with Crippen LogP contribution in [0.15, 0.2) is 48.5 Å². The Bertz CT molecular complexity index is 858. The van der Waals surface area contributed by atoms with Crippen LogP contribution in [0.4, 0.5) is 5.69 Å². The van der Waals surface area contributed by atoms with Gasteiger partial charge in [0.25, 0.3) is 5.91 Å². The van der Waals surface area contributed by atoms with E-state index in [1.54, 1.807) is 31.4 Å². The van der Waals surface area contributed by atoms with Crippen LogP contribution in [0, 0.1) is 6.92 Å². The predicted octanol–water partition coefficient (Wildman–Crippen LogP) is 5.03. The second kappa shape index (κ2) is 7.03. The first-order valence-corrected chi connectivity index (χ1v) is 8.45. The first kappa shape index (κ1) is 16.5. The summed E-state index contributed by atoms with van der Waals surface area (Å²) < 4.78 is 5.11. The first-order valence-electron chi connectivity index (χ1n) is 7.25. The highest BCUT2D eigenvalue weighted by atomic mass is 35.5. The van der Waals surface area contributed by atoms with Crippen molar-refractivity contribution in [1.29, 1.82) is 0 Å². The Labute approximate surface area is 149 Å². The fourth-order valence-corrected chi connectivity index (χ4v) is 3.28. The number of benzene rings is 2. The van der Waals surface area contributed by atoms with E-state index >= 15 is 0 Å². The van der Waals surface area contributed by atoms with Crippen molar-refractivity contribution in [3.63, 3.8) is 0 Å². The number of halogens is 1. The van der Waals surface area contributed by atoms with Crippen LogP contribution in [0.3, 0.4) is 0 Å². The van der Waals surface area contributed by atoms with Gasteiger partial charge in [0, 0.05) is 16.3 Å². The van der Waals surface area contributed by atoms with Gasteiger partial charge in [-0.05, 0) is 43.3 Å². The molecule has 24 heavy (non-hydrogen) atoms. The summed E-state index contributed by atoms with van der Waals surface area (Å²) in [6.07, 6.45) is 0. The maximum atomic E-state index is 12.5. The molecule has 0 radical (unpaired) electrons. The summed E-state index contributed by atoms with van der Waals surface area (Å²) in [5.74, 6) is 0.572. The number of rotatable bonds is 4. The average molecular weight is 359 g/mol. The molecule has 0 unspecified atom stereocenters. The Morgan fingerprint density at radius 3 is 2.42 bits per heavy atom. The predicted molar refractivity (Wildman–Crippen MR) is 98.2 cm³/mol. The number of anilines is 1. The number of nitrogens with one attached hydrogen (secondary N) is 1. The van der Waals surface area contributed by atoms with Crippen LogP contribution in [-0.4, -0.2) is 18.0 Å². The van der Waals surface area contributed by atoms with Crippen LogP contribution >= 0.6 is 22.9 Å². The molecule has 0 atom stereocenters. The molecular formula is C18H15ClN2O2S. The van der Waals surface area contributed by atoms with E-state index in [1.165, 1.54) is 11.3 Å². The Kier molecular flexibility index (Phi) is 4.83. The van der Waals surface area contributed by atoms with Crippen molar-refractivity contribution in [2.24, 2.45) is 0 Å². The van der Waals surface area contributed by atoms with Crippen LogP contribution in [0.5, 0.6) is 5.75 Å². The zero-order chi connectivity index (χ0) is 17.1. The van der Waals surface area contributed by atoms with Crippen molar-refractivity contribution in [2.45, 2.75) is 6.92 Å². The van der Waals surface area contributed by atoms with E-state index in [0.29, 0.717) is 21.3 Å². The molecule has 0 bridgehead atoms. The lowest BCUT2D eigenvalue weighted by Gasteiger charge is -2.05. The smallest absolute Gasteiger partial charge is 0.267 e. The molecular weight excluding hydrogens is 344 g/mol. The van der Waals surface area contributed by atoms with E-state index in [9.17, 15) is 4.79 Å². The molecule has 6 heteroatoms. The number of carbonyl (C=O) groups is 1. The van der Waals surface area contributed by atoms with Gasteiger partial charge in [0.2, 0.25) is 0 Å². The molecule has 4 nitrogen and oxygen atoms in total. The topological polar surface area (TPSA) is 51.2 Å². The van der Waals surface area contributed by atoms with Crippen LogP contribution in [-0.2, 0) is 0 Å². The molecule has 0 fully saturated rings. The van der Waals surface area contributed by atoms with Crippen molar-refractivity contribution in [3.8, 4) is 16.3 Å². The molecule has 0 aliphatic carbocycles. The molecule has 1 aromatic heterocycles. The van der Waals surface area contributed by atoms with Gasteiger partial charge in [-0.2, -0.15) is 0 Å². The summed E-state index contributed by atoms with van der Waals surface area (Å²) in [4.78, 5) is 17.6. The van der Waals surface area contributed by atoms with Crippen molar-refractivity contribution >= 4 is 34.5 Å². The van der Waals surface area contributed by atoms with E-state index < -0.39 is 0 Å². The molecule has 1 heterocycles. The molecule has 0 aliphatic heterocycles. The van der Waals surface area contributed by atoms with Crippen LogP contribution in [0.2, 0.25) is 5.02 Å². The zero-order valence-electron chi connectivity index (χ0n) is 13.2. The van der Waals surface area contributed by atoms with Gasteiger partial charge < -0.3 is 10.1 Å². The zero-order valence-corrected chi connectivity index (χ0v) is 14.7. The highest BCUT2D eigenvalue weighted by Gasteiger charge is 2.16. The molecule has 2 aromatic carbocycles. The lowest BCUT2D eigenvalue weighted by Crippen LogP contribution is -2.11. The summed E-state index contributed by atoms with van der Waals surface area (Å²) in [5, 5.41) is 4.35. The van der Waals surface area contributed by atoms with Gasteiger partial charge >= 0.3 is 0 Å². The SMILES string of the molecule is COc1ccc(NC(=O)c2sc(-c3ccc(Cl)cc3)nc2C)cc1. The molecule has 0 saturated heterocycles. The average Bonchev–Trinajstić information content (AvgIpc) is 2.98. The Morgan fingerprint density at radius 1 is 1.12 bits per heavy atom.